The lowest BCUT2D eigenvalue weighted by Crippen LogP contribution is -1.98. The third kappa shape index (κ3) is 4.01. The van der Waals surface area contributed by atoms with Crippen LogP contribution in [0, 0.1) is 0 Å². The summed E-state index contributed by atoms with van der Waals surface area (Å²) in [6.45, 7) is 0. The summed E-state index contributed by atoms with van der Waals surface area (Å²) >= 11 is 0. The smallest absolute Gasteiger partial charge is 0.316 e. The first-order valence-electron chi connectivity index (χ1n) is 3.05. The van der Waals surface area contributed by atoms with Gasteiger partial charge in [-0.3, -0.25) is 4.79 Å². The van der Waals surface area contributed by atoms with Crippen molar-refractivity contribution < 1.29 is 9.90 Å². The Hall–Kier alpha value is -0.544. The van der Waals surface area contributed by atoms with Crippen molar-refractivity contribution in [1.29, 1.82) is 0 Å². The first-order valence-corrected chi connectivity index (χ1v) is 3.05. The summed E-state index contributed by atoms with van der Waals surface area (Å²) in [5, 5.41) is 8.37. The van der Waals surface area contributed by atoms with E-state index in [1.165, 1.54) is 0 Å². The van der Waals surface area contributed by atoms with Crippen LogP contribution in [0.4, 0.5) is 0 Å². The molecule has 0 aromatic heterocycles. The number of benzene rings is 1. The molecule has 0 saturated carbocycles. The Kier molecular flexibility index (Phi) is 4.90. The second-order valence-corrected chi connectivity index (χ2v) is 2.06. The van der Waals surface area contributed by atoms with Crippen LogP contribution in [-0.2, 0) is 11.2 Å². The van der Waals surface area contributed by atoms with Crippen molar-refractivity contribution in [3.63, 3.8) is 0 Å². The molecule has 1 rings (SSSR count). The maximum atomic E-state index is 10.2. The Labute approximate surface area is 81.4 Å². The molecule has 0 radical (unpaired) electrons. The SMILES string of the molecule is O=C(O)Cc1ccccc1.[MgH2]. The summed E-state index contributed by atoms with van der Waals surface area (Å²) in [7, 11) is 0. The molecule has 1 N–H and O–H groups in total. The molecule has 3 heteroatoms. The number of aliphatic carboxylic acids is 1. The monoisotopic (exact) mass is 162 g/mol. The van der Waals surface area contributed by atoms with Crippen LogP contribution in [0.3, 0.4) is 0 Å². The number of carboxylic acid groups (broad SMARTS) is 1. The van der Waals surface area contributed by atoms with Gasteiger partial charge in [0.05, 0.1) is 6.42 Å². The maximum Gasteiger partial charge on any atom is 0.316 e. The number of carbonyl (C=O) groups is 1. The fraction of sp³-hybridized carbons (Fsp3) is 0.125. The van der Waals surface area contributed by atoms with E-state index in [0.717, 1.165) is 5.56 Å². The topological polar surface area (TPSA) is 37.3 Å². The minimum absolute atomic E-state index is 0. The van der Waals surface area contributed by atoms with Gasteiger partial charge in [-0.15, -0.1) is 0 Å². The lowest BCUT2D eigenvalue weighted by Gasteiger charge is -1.92. The van der Waals surface area contributed by atoms with E-state index in [4.69, 9.17) is 5.11 Å². The zero-order chi connectivity index (χ0) is 7.40. The third-order valence-corrected chi connectivity index (χ3v) is 1.20. The Morgan fingerprint density at radius 3 is 2.27 bits per heavy atom. The lowest BCUT2D eigenvalue weighted by molar-refractivity contribution is -0.136. The van der Waals surface area contributed by atoms with Crippen LogP contribution in [0.5, 0.6) is 0 Å². The molecule has 0 amide bonds. The predicted octanol–water partition coefficient (Wildman–Crippen LogP) is 0.398. The summed E-state index contributed by atoms with van der Waals surface area (Å²) in [6.07, 6.45) is 0.112. The van der Waals surface area contributed by atoms with Crippen molar-refractivity contribution in [2.24, 2.45) is 0 Å². The van der Waals surface area contributed by atoms with E-state index in [1.807, 2.05) is 18.2 Å². The lowest BCUT2D eigenvalue weighted by atomic mass is 10.2. The molecule has 0 atom stereocenters. The molecule has 0 aliphatic heterocycles. The van der Waals surface area contributed by atoms with Gasteiger partial charge >= 0.3 is 29.0 Å². The zero-order valence-electron chi connectivity index (χ0n) is 5.45. The van der Waals surface area contributed by atoms with Gasteiger partial charge in [0.2, 0.25) is 0 Å². The van der Waals surface area contributed by atoms with E-state index in [2.05, 4.69) is 0 Å². The Morgan fingerprint density at radius 2 is 1.82 bits per heavy atom. The van der Waals surface area contributed by atoms with Gasteiger partial charge in [0.25, 0.3) is 0 Å². The summed E-state index contributed by atoms with van der Waals surface area (Å²) in [5.74, 6) is -0.786. The fourth-order valence-corrected chi connectivity index (χ4v) is 0.770. The highest BCUT2D eigenvalue weighted by Crippen LogP contribution is 1.98. The van der Waals surface area contributed by atoms with Gasteiger partial charge in [-0.05, 0) is 5.56 Å². The average Bonchev–Trinajstić information content (AvgIpc) is 1.88. The second-order valence-electron chi connectivity index (χ2n) is 2.06. The predicted molar refractivity (Wildman–Crippen MR) is 46.3 cm³/mol. The quantitative estimate of drug-likeness (QED) is 0.639. The summed E-state index contributed by atoms with van der Waals surface area (Å²) in [6, 6.07) is 9.13. The van der Waals surface area contributed by atoms with E-state index in [9.17, 15) is 4.79 Å². The normalized spacial score (nSPS) is 8.36. The average molecular weight is 162 g/mol. The van der Waals surface area contributed by atoms with Crippen molar-refractivity contribution >= 4 is 29.0 Å². The fourth-order valence-electron chi connectivity index (χ4n) is 0.770. The highest BCUT2D eigenvalue weighted by atomic mass is 24.3. The summed E-state index contributed by atoms with van der Waals surface area (Å²) in [4.78, 5) is 10.2. The van der Waals surface area contributed by atoms with Crippen LogP contribution in [-0.4, -0.2) is 34.1 Å². The van der Waals surface area contributed by atoms with Gasteiger partial charge < -0.3 is 5.11 Å². The highest BCUT2D eigenvalue weighted by molar-refractivity contribution is 5.75. The second kappa shape index (κ2) is 5.15. The molecule has 1 aromatic rings. The molecular formula is C8H10MgO2. The van der Waals surface area contributed by atoms with E-state index in [0.29, 0.717) is 0 Å². The first kappa shape index (κ1) is 10.5. The molecule has 0 heterocycles. The van der Waals surface area contributed by atoms with Crippen molar-refractivity contribution in [2.45, 2.75) is 6.42 Å². The molecule has 11 heavy (non-hydrogen) atoms. The molecule has 1 aromatic carbocycles. The first-order chi connectivity index (χ1) is 4.79. The molecule has 0 aliphatic rings. The van der Waals surface area contributed by atoms with Gasteiger partial charge in [0.15, 0.2) is 0 Å². The number of hydrogen-bond acceptors (Lipinski definition) is 1. The summed E-state index contributed by atoms with van der Waals surface area (Å²) in [5.41, 5.74) is 0.843. The van der Waals surface area contributed by atoms with Crippen molar-refractivity contribution in [1.82, 2.24) is 0 Å². The van der Waals surface area contributed by atoms with E-state index < -0.39 is 5.97 Å². The van der Waals surface area contributed by atoms with Crippen LogP contribution in [0.25, 0.3) is 0 Å². The highest BCUT2D eigenvalue weighted by Gasteiger charge is 1.96. The van der Waals surface area contributed by atoms with Crippen molar-refractivity contribution in [2.75, 3.05) is 0 Å². The van der Waals surface area contributed by atoms with Crippen LogP contribution in [0.1, 0.15) is 5.56 Å². The Balaban J connectivity index is 0.000001000. The van der Waals surface area contributed by atoms with E-state index in [-0.39, 0.29) is 29.5 Å². The standard InChI is InChI=1S/C8H8O2.Mg.2H/c9-8(10)6-7-4-2-1-3-5-7;;;/h1-5H,6H2,(H,9,10);;;. The van der Waals surface area contributed by atoms with Crippen LogP contribution >= 0.6 is 0 Å². The number of hydrogen-bond donors (Lipinski definition) is 1. The molecule has 0 saturated heterocycles. The molecule has 56 valence electrons. The van der Waals surface area contributed by atoms with Gasteiger partial charge in [-0.25, -0.2) is 0 Å². The van der Waals surface area contributed by atoms with Gasteiger partial charge in [-0.1, -0.05) is 30.3 Å². The van der Waals surface area contributed by atoms with Crippen molar-refractivity contribution in [3.05, 3.63) is 35.9 Å². The largest absolute Gasteiger partial charge is 0.481 e. The van der Waals surface area contributed by atoms with Gasteiger partial charge in [-0.2, -0.15) is 0 Å². The minimum Gasteiger partial charge on any atom is -0.481 e. The molecular weight excluding hydrogens is 152 g/mol. The van der Waals surface area contributed by atoms with Gasteiger partial charge in [0.1, 0.15) is 0 Å². The molecule has 0 bridgehead atoms. The minimum atomic E-state index is -0.786. The van der Waals surface area contributed by atoms with Crippen LogP contribution < -0.4 is 0 Å². The van der Waals surface area contributed by atoms with Crippen molar-refractivity contribution in [3.8, 4) is 0 Å². The van der Waals surface area contributed by atoms with E-state index >= 15 is 0 Å². The molecule has 0 spiro atoms. The number of carboxylic acids is 1. The Morgan fingerprint density at radius 1 is 1.27 bits per heavy atom. The van der Waals surface area contributed by atoms with Crippen LogP contribution in [0.15, 0.2) is 30.3 Å². The number of rotatable bonds is 2. The van der Waals surface area contributed by atoms with E-state index in [1.54, 1.807) is 12.1 Å². The maximum absolute atomic E-state index is 10.2. The van der Waals surface area contributed by atoms with Crippen LogP contribution in [0.2, 0.25) is 0 Å². The van der Waals surface area contributed by atoms with Gasteiger partial charge in [0, 0.05) is 0 Å². The molecule has 0 fully saturated rings. The molecule has 0 unspecified atom stereocenters. The molecule has 2 nitrogen and oxygen atoms in total. The zero-order valence-corrected chi connectivity index (χ0v) is 5.45. The third-order valence-electron chi connectivity index (χ3n) is 1.20. The Bertz CT molecular complexity index is 221. The summed E-state index contributed by atoms with van der Waals surface area (Å²) < 4.78 is 0. The molecule has 0 aliphatic carbocycles.